The second kappa shape index (κ2) is 4.87. The van der Waals surface area contributed by atoms with Crippen LogP contribution in [0.3, 0.4) is 0 Å². The van der Waals surface area contributed by atoms with Crippen molar-refractivity contribution in [2.45, 2.75) is 26.7 Å². The minimum absolute atomic E-state index is 0.518. The van der Waals surface area contributed by atoms with Gasteiger partial charge in [0, 0.05) is 4.47 Å². The average molecular weight is 295 g/mol. The molecule has 0 aliphatic heterocycles. The number of nitrogens with two attached hydrogens (primary N) is 1. The van der Waals surface area contributed by atoms with E-state index < -0.39 is 0 Å². The highest BCUT2D eigenvalue weighted by Crippen LogP contribution is 2.21. The van der Waals surface area contributed by atoms with Crippen LogP contribution in [0.1, 0.15) is 24.6 Å². The van der Waals surface area contributed by atoms with E-state index in [2.05, 4.69) is 45.3 Å². The lowest BCUT2D eigenvalue weighted by Crippen LogP contribution is -2.04. The van der Waals surface area contributed by atoms with Crippen LogP contribution in [0.15, 0.2) is 22.7 Å². The number of hydrogen-bond acceptors (Lipinski definition) is 3. The summed E-state index contributed by atoms with van der Waals surface area (Å²) in [5, 5.41) is 8.05. The van der Waals surface area contributed by atoms with Crippen LogP contribution in [-0.2, 0) is 6.42 Å². The molecule has 0 saturated carbocycles. The molecule has 0 bridgehead atoms. The number of rotatable bonds is 3. The maximum Gasteiger partial charge on any atom is 0.169 e. The average Bonchev–Trinajstić information content (AvgIpc) is 2.60. The molecule has 0 amide bonds. The lowest BCUT2D eigenvalue weighted by atomic mass is 10.2. The van der Waals surface area contributed by atoms with Gasteiger partial charge in [-0.2, -0.15) is 0 Å². The topological polar surface area (TPSA) is 56.7 Å². The number of nitrogen functional groups attached to an aromatic ring is 1. The van der Waals surface area contributed by atoms with Crippen molar-refractivity contribution in [2.75, 3.05) is 5.73 Å². The molecular weight excluding hydrogens is 280 g/mol. The van der Waals surface area contributed by atoms with E-state index >= 15 is 0 Å². The van der Waals surface area contributed by atoms with Gasteiger partial charge in [-0.1, -0.05) is 34.5 Å². The third kappa shape index (κ3) is 2.49. The van der Waals surface area contributed by atoms with E-state index in [9.17, 15) is 0 Å². The lowest BCUT2D eigenvalue weighted by Gasteiger charge is -2.07. The predicted molar refractivity (Wildman–Crippen MR) is 72.2 cm³/mol. The molecule has 0 aliphatic carbocycles. The normalized spacial score (nSPS) is 10.8. The zero-order chi connectivity index (χ0) is 12.4. The molecule has 2 rings (SSSR count). The van der Waals surface area contributed by atoms with Crippen molar-refractivity contribution in [3.8, 4) is 5.69 Å². The summed E-state index contributed by atoms with van der Waals surface area (Å²) in [6, 6.07) is 6.14. The van der Waals surface area contributed by atoms with Gasteiger partial charge in [0.15, 0.2) is 5.82 Å². The van der Waals surface area contributed by atoms with Gasteiger partial charge in [0.05, 0.1) is 11.4 Å². The number of benzene rings is 1. The SMILES string of the molecule is CCCc1c(N)nnn1-c1cc(C)cc(Br)c1. The largest absolute Gasteiger partial charge is 0.381 e. The smallest absolute Gasteiger partial charge is 0.169 e. The van der Waals surface area contributed by atoms with E-state index in [0.717, 1.165) is 28.7 Å². The molecule has 2 N–H and O–H groups in total. The van der Waals surface area contributed by atoms with Crippen LogP contribution in [0.2, 0.25) is 0 Å². The van der Waals surface area contributed by atoms with Crippen LogP contribution in [0, 0.1) is 6.92 Å². The van der Waals surface area contributed by atoms with E-state index in [0.29, 0.717) is 5.82 Å². The molecule has 1 heterocycles. The highest BCUT2D eigenvalue weighted by molar-refractivity contribution is 9.10. The summed E-state index contributed by atoms with van der Waals surface area (Å²) in [4.78, 5) is 0. The molecule has 0 unspecified atom stereocenters. The molecule has 1 aromatic carbocycles. The van der Waals surface area contributed by atoms with Gasteiger partial charge in [0.2, 0.25) is 0 Å². The van der Waals surface area contributed by atoms with Gasteiger partial charge in [-0.3, -0.25) is 0 Å². The molecule has 0 aliphatic rings. The maximum absolute atomic E-state index is 5.83. The lowest BCUT2D eigenvalue weighted by molar-refractivity contribution is 0.745. The number of aryl methyl sites for hydroxylation is 1. The van der Waals surface area contributed by atoms with Crippen molar-refractivity contribution in [1.82, 2.24) is 15.0 Å². The van der Waals surface area contributed by atoms with Crippen LogP contribution in [0.5, 0.6) is 0 Å². The van der Waals surface area contributed by atoms with Crippen LogP contribution in [0.4, 0.5) is 5.82 Å². The second-order valence-electron chi connectivity index (χ2n) is 4.07. The molecule has 2 aromatic rings. The number of anilines is 1. The Hall–Kier alpha value is -1.36. The number of hydrogen-bond donors (Lipinski definition) is 1. The Balaban J connectivity index is 2.52. The third-order valence-electron chi connectivity index (χ3n) is 2.55. The fourth-order valence-corrected chi connectivity index (χ4v) is 2.43. The van der Waals surface area contributed by atoms with Gasteiger partial charge in [-0.15, -0.1) is 5.10 Å². The van der Waals surface area contributed by atoms with Crippen LogP contribution in [0.25, 0.3) is 5.69 Å². The first kappa shape index (κ1) is 12.1. The third-order valence-corrected chi connectivity index (χ3v) is 3.01. The summed E-state index contributed by atoms with van der Waals surface area (Å²) in [6.45, 7) is 4.16. The Morgan fingerprint density at radius 2 is 2.12 bits per heavy atom. The standard InChI is InChI=1S/C12H15BrN4/c1-3-4-11-12(14)15-16-17(11)10-6-8(2)5-9(13)7-10/h5-7H,3-4,14H2,1-2H3. The predicted octanol–water partition coefficient (Wildman–Crippen LogP) is 2.87. The van der Waals surface area contributed by atoms with Crippen molar-refractivity contribution in [3.05, 3.63) is 33.9 Å². The molecule has 90 valence electrons. The Labute approximate surface area is 109 Å². The van der Waals surface area contributed by atoms with Crippen LogP contribution >= 0.6 is 15.9 Å². The number of aromatic nitrogens is 3. The number of nitrogens with zero attached hydrogens (tertiary/aromatic N) is 3. The van der Waals surface area contributed by atoms with Gasteiger partial charge in [0.1, 0.15) is 0 Å². The first-order valence-electron chi connectivity index (χ1n) is 5.59. The zero-order valence-corrected chi connectivity index (χ0v) is 11.5. The molecule has 1 aromatic heterocycles. The number of halogens is 1. The van der Waals surface area contributed by atoms with Gasteiger partial charge in [-0.25, -0.2) is 4.68 Å². The van der Waals surface area contributed by atoms with Gasteiger partial charge in [-0.05, 0) is 37.1 Å². The summed E-state index contributed by atoms with van der Waals surface area (Å²) in [6.07, 6.45) is 1.90. The van der Waals surface area contributed by atoms with E-state index in [4.69, 9.17) is 5.73 Å². The summed E-state index contributed by atoms with van der Waals surface area (Å²) < 4.78 is 2.85. The summed E-state index contributed by atoms with van der Waals surface area (Å²) in [7, 11) is 0. The molecule has 0 spiro atoms. The molecule has 0 fully saturated rings. The fraction of sp³-hybridized carbons (Fsp3) is 0.333. The quantitative estimate of drug-likeness (QED) is 0.947. The highest BCUT2D eigenvalue weighted by Gasteiger charge is 2.11. The van der Waals surface area contributed by atoms with E-state index in [-0.39, 0.29) is 0 Å². The second-order valence-corrected chi connectivity index (χ2v) is 4.99. The molecule has 0 atom stereocenters. The van der Waals surface area contributed by atoms with Crippen molar-refractivity contribution in [3.63, 3.8) is 0 Å². The molecule has 17 heavy (non-hydrogen) atoms. The van der Waals surface area contributed by atoms with Gasteiger partial charge >= 0.3 is 0 Å². The van der Waals surface area contributed by atoms with Crippen LogP contribution < -0.4 is 5.73 Å². The maximum atomic E-state index is 5.83. The molecule has 0 saturated heterocycles. The Bertz CT molecular complexity index is 513. The van der Waals surface area contributed by atoms with Gasteiger partial charge < -0.3 is 5.73 Å². The Morgan fingerprint density at radius 3 is 2.76 bits per heavy atom. The molecular formula is C12H15BrN4. The van der Waals surface area contributed by atoms with Crippen molar-refractivity contribution >= 4 is 21.7 Å². The summed E-state index contributed by atoms with van der Waals surface area (Å²) in [5.74, 6) is 0.518. The van der Waals surface area contributed by atoms with E-state index in [1.807, 2.05) is 17.7 Å². The summed E-state index contributed by atoms with van der Waals surface area (Å²) in [5.41, 5.74) is 8.97. The minimum atomic E-state index is 0.518. The zero-order valence-electron chi connectivity index (χ0n) is 9.94. The van der Waals surface area contributed by atoms with Crippen LogP contribution in [-0.4, -0.2) is 15.0 Å². The van der Waals surface area contributed by atoms with Crippen molar-refractivity contribution in [1.29, 1.82) is 0 Å². The molecule has 4 nitrogen and oxygen atoms in total. The Morgan fingerprint density at radius 1 is 1.35 bits per heavy atom. The van der Waals surface area contributed by atoms with Crippen molar-refractivity contribution < 1.29 is 0 Å². The molecule has 0 radical (unpaired) electrons. The van der Waals surface area contributed by atoms with Gasteiger partial charge in [0.25, 0.3) is 0 Å². The van der Waals surface area contributed by atoms with E-state index in [1.165, 1.54) is 5.56 Å². The summed E-state index contributed by atoms with van der Waals surface area (Å²) >= 11 is 3.49. The van der Waals surface area contributed by atoms with E-state index in [1.54, 1.807) is 0 Å². The minimum Gasteiger partial charge on any atom is -0.381 e. The first-order valence-corrected chi connectivity index (χ1v) is 6.38. The highest BCUT2D eigenvalue weighted by atomic mass is 79.9. The van der Waals surface area contributed by atoms with Crippen molar-refractivity contribution in [2.24, 2.45) is 0 Å². The molecule has 5 heteroatoms. The first-order chi connectivity index (χ1) is 8.11. The fourth-order valence-electron chi connectivity index (χ4n) is 1.83. The Kier molecular flexibility index (Phi) is 3.47. The monoisotopic (exact) mass is 294 g/mol.